The molecule has 0 saturated carbocycles. The molecule has 0 spiro atoms. The molecule has 0 aliphatic rings. The third kappa shape index (κ3) is 4.69. The molecule has 1 aromatic heterocycles. The number of aryl methyl sites for hydroxylation is 1. The van der Waals surface area contributed by atoms with Gasteiger partial charge in [0.15, 0.2) is 0 Å². The first kappa shape index (κ1) is 20.1. The Morgan fingerprint density at radius 1 is 0.935 bits per heavy atom. The fraction of sp³-hybridized carbons (Fsp3) is 0.115. The smallest absolute Gasteiger partial charge is 0.142 e. The highest BCUT2D eigenvalue weighted by molar-refractivity contribution is 5.58. The molecule has 150 valence electrons. The Bertz CT molecular complexity index is 1300. The quantitative estimate of drug-likeness (QED) is 0.432. The van der Waals surface area contributed by atoms with Crippen molar-refractivity contribution >= 4 is 0 Å². The van der Waals surface area contributed by atoms with Gasteiger partial charge in [-0.05, 0) is 54.4 Å². The van der Waals surface area contributed by atoms with Gasteiger partial charge < -0.3 is 0 Å². The van der Waals surface area contributed by atoms with Gasteiger partial charge in [-0.3, -0.25) is 0 Å². The van der Waals surface area contributed by atoms with Crippen molar-refractivity contribution in [1.82, 2.24) is 15.0 Å². The maximum absolute atomic E-state index is 13.7. The van der Waals surface area contributed by atoms with Crippen molar-refractivity contribution in [2.45, 2.75) is 19.8 Å². The molecular formula is C26H19FN4. The number of hydrogen-bond acceptors (Lipinski definition) is 3. The summed E-state index contributed by atoms with van der Waals surface area (Å²) in [7, 11) is 0. The van der Waals surface area contributed by atoms with Crippen LogP contribution in [0.5, 0.6) is 0 Å². The lowest BCUT2D eigenvalue weighted by Crippen LogP contribution is -1.94. The van der Waals surface area contributed by atoms with E-state index < -0.39 is 5.82 Å². The van der Waals surface area contributed by atoms with Crippen LogP contribution in [0.4, 0.5) is 4.39 Å². The zero-order chi connectivity index (χ0) is 21.6. The van der Waals surface area contributed by atoms with Crippen LogP contribution in [0.3, 0.4) is 0 Å². The Balaban J connectivity index is 1.49. The highest BCUT2D eigenvalue weighted by atomic mass is 19.1. The van der Waals surface area contributed by atoms with Crippen LogP contribution in [0.2, 0.25) is 0 Å². The average Bonchev–Trinajstić information content (AvgIpc) is 3.29. The first-order valence-corrected chi connectivity index (χ1v) is 10.00. The third-order valence-corrected chi connectivity index (χ3v) is 4.85. The summed E-state index contributed by atoms with van der Waals surface area (Å²) in [5.74, 6) is 5.36. The summed E-state index contributed by atoms with van der Waals surface area (Å²) in [5.41, 5.74) is 5.36. The predicted octanol–water partition coefficient (Wildman–Crippen LogP) is 5.30. The number of nitriles is 1. The van der Waals surface area contributed by atoms with Gasteiger partial charge in [0.1, 0.15) is 17.6 Å². The van der Waals surface area contributed by atoms with E-state index in [0.717, 1.165) is 35.3 Å². The van der Waals surface area contributed by atoms with Crippen molar-refractivity contribution in [2.24, 2.45) is 0 Å². The fourth-order valence-electron chi connectivity index (χ4n) is 3.18. The lowest BCUT2D eigenvalue weighted by molar-refractivity contribution is 0.623. The van der Waals surface area contributed by atoms with E-state index in [9.17, 15) is 4.39 Å². The molecule has 5 heteroatoms. The van der Waals surface area contributed by atoms with Crippen LogP contribution in [-0.2, 0) is 6.42 Å². The fourth-order valence-corrected chi connectivity index (χ4v) is 3.18. The Morgan fingerprint density at radius 3 is 2.32 bits per heavy atom. The minimum absolute atomic E-state index is 0.0130. The predicted molar refractivity (Wildman–Crippen MR) is 118 cm³/mol. The Morgan fingerprint density at radius 2 is 1.65 bits per heavy atom. The standard InChI is InChI=1S/C26H19FN4/c1-2-3-19-6-11-22(12-7-19)26-18-31(30-29-26)24-14-9-20(10-15-24)4-5-21-8-13-23(17-28)25(27)16-21/h6-16,18H,2-3H2,1H3. The minimum atomic E-state index is -0.563. The van der Waals surface area contributed by atoms with E-state index in [-0.39, 0.29) is 5.56 Å². The zero-order valence-corrected chi connectivity index (χ0v) is 17.0. The number of benzene rings is 3. The van der Waals surface area contributed by atoms with Gasteiger partial charge in [0.2, 0.25) is 0 Å². The Labute approximate surface area is 180 Å². The van der Waals surface area contributed by atoms with Gasteiger partial charge in [-0.2, -0.15) is 5.26 Å². The maximum atomic E-state index is 13.7. The van der Waals surface area contributed by atoms with Crippen molar-refractivity contribution in [3.05, 3.63) is 101 Å². The molecule has 0 atom stereocenters. The molecule has 0 unspecified atom stereocenters. The van der Waals surface area contributed by atoms with Gasteiger partial charge in [0, 0.05) is 16.7 Å². The average molecular weight is 406 g/mol. The molecule has 0 saturated heterocycles. The minimum Gasteiger partial charge on any atom is -0.220 e. The van der Waals surface area contributed by atoms with Gasteiger partial charge in [-0.1, -0.05) is 54.7 Å². The summed E-state index contributed by atoms with van der Waals surface area (Å²) in [6.07, 6.45) is 4.09. The van der Waals surface area contributed by atoms with Crippen molar-refractivity contribution in [3.63, 3.8) is 0 Å². The summed E-state index contributed by atoms with van der Waals surface area (Å²) in [4.78, 5) is 0. The summed E-state index contributed by atoms with van der Waals surface area (Å²) in [6, 6.07) is 22.1. The second-order valence-electron chi connectivity index (χ2n) is 7.10. The highest BCUT2D eigenvalue weighted by Crippen LogP contribution is 2.19. The lowest BCUT2D eigenvalue weighted by atomic mass is 10.1. The van der Waals surface area contributed by atoms with Crippen LogP contribution in [0.25, 0.3) is 16.9 Å². The number of aromatic nitrogens is 3. The largest absolute Gasteiger partial charge is 0.220 e. The first-order valence-electron chi connectivity index (χ1n) is 10.00. The first-order chi connectivity index (χ1) is 15.2. The van der Waals surface area contributed by atoms with Crippen LogP contribution in [0.1, 0.15) is 35.6 Å². The molecule has 0 radical (unpaired) electrons. The zero-order valence-electron chi connectivity index (χ0n) is 17.0. The Hall–Kier alpha value is -4.22. The van der Waals surface area contributed by atoms with Gasteiger partial charge in [-0.25, -0.2) is 9.07 Å². The van der Waals surface area contributed by atoms with Crippen LogP contribution in [0, 0.1) is 29.0 Å². The second-order valence-corrected chi connectivity index (χ2v) is 7.10. The number of nitrogens with zero attached hydrogens (tertiary/aromatic N) is 4. The van der Waals surface area contributed by atoms with Gasteiger partial charge in [-0.15, -0.1) is 5.10 Å². The summed E-state index contributed by atoms with van der Waals surface area (Å²) < 4.78 is 15.4. The van der Waals surface area contributed by atoms with E-state index in [1.165, 1.54) is 17.7 Å². The number of rotatable bonds is 4. The molecular weight excluding hydrogens is 387 g/mol. The summed E-state index contributed by atoms with van der Waals surface area (Å²) >= 11 is 0. The Kier molecular flexibility index (Phi) is 5.87. The van der Waals surface area contributed by atoms with Crippen molar-refractivity contribution in [1.29, 1.82) is 5.26 Å². The molecule has 0 bridgehead atoms. The molecule has 0 amide bonds. The van der Waals surface area contributed by atoms with Crippen molar-refractivity contribution < 1.29 is 4.39 Å². The van der Waals surface area contributed by atoms with Crippen LogP contribution in [-0.4, -0.2) is 15.0 Å². The lowest BCUT2D eigenvalue weighted by Gasteiger charge is -2.01. The van der Waals surface area contributed by atoms with E-state index in [4.69, 9.17) is 5.26 Å². The van der Waals surface area contributed by atoms with Crippen molar-refractivity contribution in [3.8, 4) is 34.9 Å². The summed E-state index contributed by atoms with van der Waals surface area (Å²) in [5, 5.41) is 17.3. The molecule has 1 heterocycles. The number of halogens is 1. The molecule has 0 aliphatic carbocycles. The topological polar surface area (TPSA) is 54.5 Å². The van der Waals surface area contributed by atoms with E-state index in [1.54, 1.807) is 16.8 Å². The normalized spacial score (nSPS) is 10.2. The molecule has 4 aromatic rings. The summed E-state index contributed by atoms with van der Waals surface area (Å²) in [6.45, 7) is 2.17. The third-order valence-electron chi connectivity index (χ3n) is 4.85. The van der Waals surface area contributed by atoms with Gasteiger partial charge in [0.25, 0.3) is 0 Å². The SMILES string of the molecule is CCCc1ccc(-c2cn(-c3ccc(C#Cc4ccc(C#N)c(F)c4)cc3)nn2)cc1. The van der Waals surface area contributed by atoms with Crippen LogP contribution >= 0.6 is 0 Å². The van der Waals surface area contributed by atoms with E-state index in [1.807, 2.05) is 30.5 Å². The molecule has 4 rings (SSSR count). The monoisotopic (exact) mass is 406 g/mol. The molecule has 0 N–H and O–H groups in total. The maximum Gasteiger partial charge on any atom is 0.142 e. The van der Waals surface area contributed by atoms with Crippen LogP contribution < -0.4 is 0 Å². The van der Waals surface area contributed by atoms with Gasteiger partial charge >= 0.3 is 0 Å². The second kappa shape index (κ2) is 9.07. The molecule has 4 nitrogen and oxygen atoms in total. The number of hydrogen-bond donors (Lipinski definition) is 0. The van der Waals surface area contributed by atoms with Crippen LogP contribution in [0.15, 0.2) is 72.9 Å². The molecule has 0 fully saturated rings. The van der Waals surface area contributed by atoms with E-state index in [0.29, 0.717) is 5.56 Å². The van der Waals surface area contributed by atoms with E-state index in [2.05, 4.69) is 53.3 Å². The molecule has 3 aromatic carbocycles. The highest BCUT2D eigenvalue weighted by Gasteiger charge is 2.06. The van der Waals surface area contributed by atoms with E-state index >= 15 is 0 Å². The van der Waals surface area contributed by atoms with Crippen molar-refractivity contribution in [2.75, 3.05) is 0 Å². The molecule has 31 heavy (non-hydrogen) atoms. The molecule has 0 aliphatic heterocycles. The van der Waals surface area contributed by atoms with Gasteiger partial charge in [0.05, 0.1) is 17.4 Å².